The average molecular weight is 192 g/mol. The third-order valence-electron chi connectivity index (χ3n) is 1.25. The van der Waals surface area contributed by atoms with Crippen molar-refractivity contribution in [1.82, 2.24) is 0 Å². The van der Waals surface area contributed by atoms with Gasteiger partial charge in [-0.05, 0) is 0 Å². The van der Waals surface area contributed by atoms with Gasteiger partial charge in [0.25, 0.3) is 6.47 Å². The van der Waals surface area contributed by atoms with Gasteiger partial charge in [-0.1, -0.05) is 0 Å². The van der Waals surface area contributed by atoms with Gasteiger partial charge in [0.2, 0.25) is 0 Å². The number of carboxylic acid groups (broad SMARTS) is 1. The van der Waals surface area contributed by atoms with Crippen molar-refractivity contribution in [2.45, 2.75) is 0 Å². The van der Waals surface area contributed by atoms with E-state index in [1.54, 1.807) is 12.1 Å². The fraction of sp³-hybridized carbons (Fsp3) is 0. The van der Waals surface area contributed by atoms with E-state index >= 15 is 0 Å². The zero-order chi connectivity index (χ0) is 10.3. The molecule has 0 aliphatic carbocycles. The fourth-order valence-corrected chi connectivity index (χ4v) is 1.15. The second-order valence-electron chi connectivity index (χ2n) is 2.14. The minimum absolute atomic E-state index is 0.0990. The molecule has 0 atom stereocenters. The predicted molar refractivity (Wildman–Crippen MR) is 45.2 cm³/mol. The molecule has 0 heterocycles. The summed E-state index contributed by atoms with van der Waals surface area (Å²) in [6, 6.07) is 6.04. The summed E-state index contributed by atoms with van der Waals surface area (Å²) in [6.07, 6.45) is 0. The zero-order valence-corrected chi connectivity index (χ0v) is 9.03. The number of benzene rings is 1. The summed E-state index contributed by atoms with van der Waals surface area (Å²) in [7, 11) is 0. The van der Waals surface area contributed by atoms with Crippen molar-refractivity contribution in [2.75, 3.05) is 0 Å². The van der Waals surface area contributed by atoms with Crippen molar-refractivity contribution < 1.29 is 19.1 Å². The van der Waals surface area contributed by atoms with Crippen LogP contribution in [-0.2, 0) is 4.79 Å². The molecule has 0 unspecified atom stereocenters. The number of hydrogen-bond acceptors (Lipinski definition) is 2. The van der Waals surface area contributed by atoms with Crippen LogP contribution >= 0.6 is 0 Å². The van der Waals surface area contributed by atoms with Crippen LogP contribution in [-0.4, -0.2) is 42.5 Å². The van der Waals surface area contributed by atoms with Gasteiger partial charge in [0, 0.05) is 0 Å². The van der Waals surface area contributed by atoms with Crippen LogP contribution in [0.1, 0.15) is 10.4 Å². The molecule has 1 aromatic carbocycles. The van der Waals surface area contributed by atoms with Crippen molar-refractivity contribution in [1.29, 1.82) is 0 Å². The van der Waals surface area contributed by atoms with Crippen LogP contribution in [0, 0.1) is 5.82 Å². The molecule has 0 aliphatic heterocycles. The van der Waals surface area contributed by atoms with E-state index in [0.29, 0.717) is 27.9 Å². The summed E-state index contributed by atoms with van der Waals surface area (Å²) >= 11 is 0.376. The van der Waals surface area contributed by atoms with Crippen molar-refractivity contribution >= 4 is 37.4 Å². The quantitative estimate of drug-likeness (QED) is 0.529. The van der Waals surface area contributed by atoms with E-state index in [0.717, 1.165) is 0 Å². The normalized spacial score (nSPS) is 8.23. The van der Waals surface area contributed by atoms with E-state index in [1.807, 2.05) is 0 Å². The van der Waals surface area contributed by atoms with E-state index < -0.39 is 5.82 Å². The van der Waals surface area contributed by atoms with E-state index in [9.17, 15) is 9.18 Å². The number of halogens is 1. The Balaban J connectivity index is 0.000000424. The molecule has 0 spiro atoms. The van der Waals surface area contributed by atoms with Gasteiger partial charge in [0.05, 0.1) is 0 Å². The fourth-order valence-electron chi connectivity index (χ4n) is 0.747. The molecule has 0 fully saturated rings. The van der Waals surface area contributed by atoms with E-state index in [-0.39, 0.29) is 15.1 Å². The Morgan fingerprint density at radius 1 is 1.46 bits per heavy atom. The molecule has 13 heavy (non-hydrogen) atoms. The SMILES string of the molecule is O=CO.O=[C]([Na])c1ccccc1F. The molecule has 1 rings (SSSR count). The first-order chi connectivity index (χ1) is 6.13. The molecule has 0 bridgehead atoms. The summed E-state index contributed by atoms with van der Waals surface area (Å²) in [5, 5.41) is 6.89. The number of carbonyl (C=O) groups excluding carboxylic acids is 1. The van der Waals surface area contributed by atoms with Crippen LogP contribution in [0.4, 0.5) is 4.39 Å². The maximum absolute atomic E-state index is 12.6. The average Bonchev–Trinajstić information content (AvgIpc) is 2.06. The molecule has 3 nitrogen and oxygen atoms in total. The van der Waals surface area contributed by atoms with Crippen LogP contribution in [0.25, 0.3) is 0 Å². The Kier molecular flexibility index (Phi) is 6.40. The molecular weight excluding hydrogens is 186 g/mol. The second-order valence-corrected chi connectivity index (χ2v) is 3.05. The Hall–Kier alpha value is -0.710. The molecule has 0 aromatic heterocycles. The monoisotopic (exact) mass is 192 g/mol. The van der Waals surface area contributed by atoms with Gasteiger partial charge in [0.15, 0.2) is 0 Å². The van der Waals surface area contributed by atoms with Gasteiger partial charge in [-0.3, -0.25) is 4.79 Å². The van der Waals surface area contributed by atoms with E-state index in [4.69, 9.17) is 9.90 Å². The molecule has 64 valence electrons. The molecule has 0 aliphatic rings. The van der Waals surface area contributed by atoms with Gasteiger partial charge in [-0.15, -0.1) is 0 Å². The topological polar surface area (TPSA) is 54.4 Å². The van der Waals surface area contributed by atoms with Crippen LogP contribution < -0.4 is 0 Å². The van der Waals surface area contributed by atoms with Gasteiger partial charge in [0.1, 0.15) is 0 Å². The van der Waals surface area contributed by atoms with Crippen molar-refractivity contribution in [3.05, 3.63) is 35.6 Å². The Morgan fingerprint density at radius 3 is 2.23 bits per heavy atom. The van der Waals surface area contributed by atoms with E-state index in [2.05, 4.69) is 0 Å². The first kappa shape index (κ1) is 12.3. The van der Waals surface area contributed by atoms with Crippen LogP contribution in [0.15, 0.2) is 24.3 Å². The molecule has 1 N–H and O–H groups in total. The molecule has 1 aromatic rings. The molecule has 0 amide bonds. The summed E-state index contributed by atoms with van der Waals surface area (Å²) in [5.74, 6) is -0.414. The zero-order valence-electron chi connectivity index (χ0n) is 7.03. The molecular formula is C8H6FNaO3. The van der Waals surface area contributed by atoms with Crippen LogP contribution in [0.2, 0.25) is 0 Å². The summed E-state index contributed by atoms with van der Waals surface area (Å²) < 4.78 is 12.5. The van der Waals surface area contributed by atoms with Gasteiger partial charge >= 0.3 is 75.8 Å². The Morgan fingerprint density at radius 2 is 1.92 bits per heavy atom. The maximum atomic E-state index is 12.6. The molecule has 0 saturated carbocycles. The first-order valence-electron chi connectivity index (χ1n) is 3.46. The third kappa shape index (κ3) is 4.77. The third-order valence-corrected chi connectivity index (χ3v) is 1.79. The molecule has 0 saturated heterocycles. The van der Waals surface area contributed by atoms with Gasteiger partial charge in [-0.25, -0.2) is 0 Å². The minimum atomic E-state index is -0.414. The predicted octanol–water partition coefficient (Wildman–Crippen LogP) is 0.835. The molecule has 0 radical (unpaired) electrons. The number of hydrogen-bond donors (Lipinski definition) is 1. The van der Waals surface area contributed by atoms with Gasteiger partial charge < -0.3 is 5.11 Å². The van der Waals surface area contributed by atoms with Crippen molar-refractivity contribution in [2.24, 2.45) is 0 Å². The van der Waals surface area contributed by atoms with Crippen LogP contribution in [0.3, 0.4) is 0 Å². The van der Waals surface area contributed by atoms with Crippen molar-refractivity contribution in [3.8, 4) is 0 Å². The first-order valence-corrected chi connectivity index (χ1v) is 4.46. The van der Waals surface area contributed by atoms with E-state index in [1.165, 1.54) is 12.1 Å². The second kappa shape index (κ2) is 6.77. The van der Waals surface area contributed by atoms with Crippen LogP contribution in [0.5, 0.6) is 0 Å². The number of carbonyl (C=O) groups is 2. The van der Waals surface area contributed by atoms with Gasteiger partial charge in [-0.2, -0.15) is 0 Å². The Labute approximate surface area is 92.0 Å². The van der Waals surface area contributed by atoms with Crippen molar-refractivity contribution in [3.63, 3.8) is 0 Å². The summed E-state index contributed by atoms with van der Waals surface area (Å²) in [6.45, 7) is -0.250. The molecule has 5 heteroatoms. The Bertz CT molecular complexity index is 301. The summed E-state index contributed by atoms with van der Waals surface area (Å²) in [5.41, 5.74) is 0.217. The summed E-state index contributed by atoms with van der Waals surface area (Å²) in [4.78, 5) is 19.0. The number of rotatable bonds is 1. The standard InChI is InChI=1S/C7H4FO.CH2O2.Na/c8-7-4-2-1-3-6(7)5-9;2-1-3;/h1-4H;1H,(H,2,3);.